The first kappa shape index (κ1) is 15.4. The molecule has 20 heavy (non-hydrogen) atoms. The Balaban J connectivity index is 1.95. The van der Waals surface area contributed by atoms with E-state index >= 15 is 0 Å². The number of nitrogens with one attached hydrogen (secondary N) is 1. The number of halogens is 1. The number of nitrogens with zero attached hydrogens (tertiary/aromatic N) is 1. The Hall–Kier alpha value is -0.950. The third-order valence-electron chi connectivity index (χ3n) is 2.68. The summed E-state index contributed by atoms with van der Waals surface area (Å²) in [6.45, 7) is 2.75. The molecule has 1 aromatic carbocycles. The molecule has 1 N–H and O–H groups in total. The van der Waals surface area contributed by atoms with Crippen LogP contribution in [0, 0.1) is 0 Å². The molecule has 4 nitrogen and oxygen atoms in total. The molecule has 6 heteroatoms. The van der Waals surface area contributed by atoms with Crippen LogP contribution in [0.25, 0.3) is 0 Å². The van der Waals surface area contributed by atoms with Crippen molar-refractivity contribution in [3.63, 3.8) is 0 Å². The van der Waals surface area contributed by atoms with Gasteiger partial charge in [0.15, 0.2) is 0 Å². The highest BCUT2D eigenvalue weighted by Crippen LogP contribution is 2.24. The Morgan fingerprint density at radius 2 is 2.30 bits per heavy atom. The first-order valence-corrected chi connectivity index (χ1v) is 8.01. The number of aromatic nitrogens is 1. The molecular weight excluding hydrogens is 340 g/mol. The van der Waals surface area contributed by atoms with Gasteiger partial charge in [-0.05, 0) is 18.2 Å². The molecule has 0 aliphatic carbocycles. The molecule has 0 aliphatic rings. The lowest BCUT2D eigenvalue weighted by atomic mass is 10.2. The minimum absolute atomic E-state index is 0.496. The van der Waals surface area contributed by atoms with Crippen LogP contribution in [0.4, 0.5) is 0 Å². The molecular formula is C14H17BrN2O2S. The summed E-state index contributed by atoms with van der Waals surface area (Å²) in [5.41, 5.74) is 3.88. The van der Waals surface area contributed by atoms with E-state index in [-0.39, 0.29) is 0 Å². The molecule has 0 atom stereocenters. The Bertz CT molecular complexity index is 520. The Kier molecular flexibility index (Phi) is 6.46. The normalized spacial score (nSPS) is 10.7. The van der Waals surface area contributed by atoms with Crippen molar-refractivity contribution in [2.24, 2.45) is 0 Å². The molecule has 0 aliphatic heterocycles. The molecule has 2 rings (SSSR count). The first-order valence-electron chi connectivity index (χ1n) is 6.27. The van der Waals surface area contributed by atoms with Crippen molar-refractivity contribution in [1.82, 2.24) is 10.3 Å². The van der Waals surface area contributed by atoms with E-state index in [1.54, 1.807) is 18.4 Å². The lowest BCUT2D eigenvalue weighted by Gasteiger charge is -2.12. The van der Waals surface area contributed by atoms with Crippen LogP contribution in [0.3, 0.4) is 0 Å². The van der Waals surface area contributed by atoms with Gasteiger partial charge in [-0.25, -0.2) is 4.98 Å². The van der Waals surface area contributed by atoms with Gasteiger partial charge in [-0.15, -0.1) is 11.3 Å². The van der Waals surface area contributed by atoms with E-state index in [4.69, 9.17) is 9.47 Å². The van der Waals surface area contributed by atoms with Gasteiger partial charge in [0.05, 0.1) is 17.8 Å². The van der Waals surface area contributed by atoms with Gasteiger partial charge in [0.2, 0.25) is 0 Å². The van der Waals surface area contributed by atoms with Crippen LogP contribution in [0.5, 0.6) is 5.75 Å². The third kappa shape index (κ3) is 4.86. The molecule has 0 bridgehead atoms. The van der Waals surface area contributed by atoms with Crippen LogP contribution < -0.4 is 10.1 Å². The molecule has 0 radical (unpaired) electrons. The summed E-state index contributed by atoms with van der Waals surface area (Å²) in [5.74, 6) is 0.881. The molecule has 0 saturated carbocycles. The van der Waals surface area contributed by atoms with E-state index in [0.717, 1.165) is 34.6 Å². The van der Waals surface area contributed by atoms with Crippen molar-refractivity contribution in [2.75, 3.05) is 20.3 Å². The highest BCUT2D eigenvalue weighted by atomic mass is 79.9. The number of rotatable bonds is 8. The third-order valence-corrected chi connectivity index (χ3v) is 3.81. The average molecular weight is 357 g/mol. The SMILES string of the molecule is COCCNCc1cc(Br)ccc1OCc1cscn1. The van der Waals surface area contributed by atoms with Gasteiger partial charge in [-0.1, -0.05) is 15.9 Å². The summed E-state index contributed by atoms with van der Waals surface area (Å²) in [6.07, 6.45) is 0. The smallest absolute Gasteiger partial charge is 0.131 e. The molecule has 0 saturated heterocycles. The second kappa shape index (κ2) is 8.36. The molecule has 2 aromatic rings. The topological polar surface area (TPSA) is 43.4 Å². The van der Waals surface area contributed by atoms with Crippen LogP contribution in [0.1, 0.15) is 11.3 Å². The van der Waals surface area contributed by atoms with Gasteiger partial charge < -0.3 is 14.8 Å². The molecule has 0 fully saturated rings. The fraction of sp³-hybridized carbons (Fsp3) is 0.357. The number of methoxy groups -OCH3 is 1. The van der Waals surface area contributed by atoms with Gasteiger partial charge in [-0.3, -0.25) is 0 Å². The molecule has 1 heterocycles. The van der Waals surface area contributed by atoms with Crippen molar-refractivity contribution in [3.05, 3.63) is 44.8 Å². The Morgan fingerprint density at radius 3 is 3.05 bits per heavy atom. The highest BCUT2D eigenvalue weighted by molar-refractivity contribution is 9.10. The summed E-state index contributed by atoms with van der Waals surface area (Å²) in [6, 6.07) is 6.02. The number of hydrogen-bond acceptors (Lipinski definition) is 5. The second-order valence-electron chi connectivity index (χ2n) is 4.19. The van der Waals surface area contributed by atoms with Gasteiger partial charge in [0.1, 0.15) is 12.4 Å². The highest BCUT2D eigenvalue weighted by Gasteiger charge is 2.06. The predicted molar refractivity (Wildman–Crippen MR) is 84.2 cm³/mol. The van der Waals surface area contributed by atoms with E-state index in [1.807, 2.05) is 23.0 Å². The van der Waals surface area contributed by atoms with E-state index in [0.29, 0.717) is 13.2 Å². The van der Waals surface area contributed by atoms with Gasteiger partial charge in [0.25, 0.3) is 0 Å². The summed E-state index contributed by atoms with van der Waals surface area (Å²) in [4.78, 5) is 4.22. The fourth-order valence-electron chi connectivity index (χ4n) is 1.68. The van der Waals surface area contributed by atoms with Gasteiger partial charge in [-0.2, -0.15) is 0 Å². The van der Waals surface area contributed by atoms with E-state index < -0.39 is 0 Å². The van der Waals surface area contributed by atoms with Gasteiger partial charge in [0, 0.05) is 35.6 Å². The summed E-state index contributed by atoms with van der Waals surface area (Å²) < 4.78 is 11.9. The molecule has 1 aromatic heterocycles. The molecule has 0 spiro atoms. The quantitative estimate of drug-likeness (QED) is 0.737. The minimum atomic E-state index is 0.496. The van der Waals surface area contributed by atoms with Crippen LogP contribution in [0.2, 0.25) is 0 Å². The monoisotopic (exact) mass is 356 g/mol. The minimum Gasteiger partial charge on any atom is -0.487 e. The summed E-state index contributed by atoms with van der Waals surface area (Å²) in [5, 5.41) is 5.32. The van der Waals surface area contributed by atoms with Crippen molar-refractivity contribution < 1.29 is 9.47 Å². The van der Waals surface area contributed by atoms with Crippen molar-refractivity contribution in [2.45, 2.75) is 13.2 Å². The molecule has 0 unspecified atom stereocenters. The second-order valence-corrected chi connectivity index (χ2v) is 5.82. The fourth-order valence-corrected chi connectivity index (χ4v) is 2.64. The van der Waals surface area contributed by atoms with E-state index in [1.165, 1.54) is 0 Å². The molecule has 0 amide bonds. The summed E-state index contributed by atoms with van der Waals surface area (Å²) in [7, 11) is 1.70. The van der Waals surface area contributed by atoms with E-state index in [2.05, 4.69) is 32.3 Å². The number of benzene rings is 1. The van der Waals surface area contributed by atoms with Crippen LogP contribution in [-0.4, -0.2) is 25.2 Å². The van der Waals surface area contributed by atoms with Crippen LogP contribution in [0.15, 0.2) is 33.6 Å². The number of hydrogen-bond donors (Lipinski definition) is 1. The summed E-state index contributed by atoms with van der Waals surface area (Å²) >= 11 is 5.07. The van der Waals surface area contributed by atoms with Gasteiger partial charge >= 0.3 is 0 Å². The maximum Gasteiger partial charge on any atom is 0.131 e. The zero-order valence-corrected chi connectivity index (χ0v) is 13.7. The zero-order valence-electron chi connectivity index (χ0n) is 11.3. The predicted octanol–water partition coefficient (Wildman–Crippen LogP) is 3.22. The lowest BCUT2D eigenvalue weighted by Crippen LogP contribution is -2.19. The van der Waals surface area contributed by atoms with Crippen LogP contribution in [-0.2, 0) is 17.9 Å². The van der Waals surface area contributed by atoms with Crippen molar-refractivity contribution in [1.29, 1.82) is 0 Å². The zero-order chi connectivity index (χ0) is 14.2. The van der Waals surface area contributed by atoms with Crippen molar-refractivity contribution in [3.8, 4) is 5.75 Å². The van der Waals surface area contributed by atoms with E-state index in [9.17, 15) is 0 Å². The Morgan fingerprint density at radius 1 is 1.40 bits per heavy atom. The average Bonchev–Trinajstić information content (AvgIpc) is 2.96. The molecule has 108 valence electrons. The first-order chi connectivity index (χ1) is 9.79. The maximum atomic E-state index is 5.85. The largest absolute Gasteiger partial charge is 0.487 e. The van der Waals surface area contributed by atoms with Crippen molar-refractivity contribution >= 4 is 27.3 Å². The maximum absolute atomic E-state index is 5.85. The standard InChI is InChI=1S/C14H17BrN2O2S/c1-18-5-4-16-7-11-6-12(15)2-3-14(11)19-8-13-9-20-10-17-13/h2-3,6,9-10,16H,4-5,7-8H2,1H3. The Labute approximate surface area is 131 Å². The number of thiazole rings is 1. The van der Waals surface area contributed by atoms with Crippen LogP contribution >= 0.6 is 27.3 Å². The number of ether oxygens (including phenoxy) is 2. The lowest BCUT2D eigenvalue weighted by molar-refractivity contribution is 0.199.